The number of ether oxygens (including phenoxy) is 1. The van der Waals surface area contributed by atoms with E-state index in [1.807, 2.05) is 42.5 Å². The predicted octanol–water partition coefficient (Wildman–Crippen LogP) is 2.83. The number of carbonyl (C=O) groups is 1. The van der Waals surface area contributed by atoms with Crippen molar-refractivity contribution in [2.24, 2.45) is 0 Å². The van der Waals surface area contributed by atoms with Crippen molar-refractivity contribution in [2.45, 2.75) is 6.42 Å². The molecule has 0 atom stereocenters. The summed E-state index contributed by atoms with van der Waals surface area (Å²) < 4.78 is 5.67. The lowest BCUT2D eigenvalue weighted by Gasteiger charge is -2.06. The Morgan fingerprint density at radius 2 is 1.81 bits per heavy atom. The second-order valence-electron chi connectivity index (χ2n) is 4.46. The van der Waals surface area contributed by atoms with Crippen LogP contribution < -0.4 is 10.2 Å². The molecule has 0 aliphatic rings. The third-order valence-electron chi connectivity index (χ3n) is 2.92. The quantitative estimate of drug-likeness (QED) is 0.487. The maximum atomic E-state index is 10.9. The largest absolute Gasteiger partial charge is 0.493 e. The van der Waals surface area contributed by atoms with Gasteiger partial charge in [0.05, 0.1) is 6.61 Å². The molecule has 0 radical (unpaired) electrons. The molecular formula is C17H17NO3. The average molecular weight is 283 g/mol. The lowest BCUT2D eigenvalue weighted by Crippen LogP contribution is -2.14. The summed E-state index contributed by atoms with van der Waals surface area (Å²) in [6.07, 6.45) is 3.73. The topological polar surface area (TPSA) is 58.6 Å². The number of nitrogens with one attached hydrogen (secondary N) is 1. The summed E-state index contributed by atoms with van der Waals surface area (Å²) in [6, 6.07) is 17.6. The van der Waals surface area contributed by atoms with Gasteiger partial charge < -0.3 is 4.74 Å². The fourth-order valence-electron chi connectivity index (χ4n) is 1.82. The Bertz CT molecular complexity index is 591. The Balaban J connectivity index is 1.82. The zero-order valence-electron chi connectivity index (χ0n) is 11.5. The van der Waals surface area contributed by atoms with Gasteiger partial charge in [0, 0.05) is 12.5 Å². The van der Waals surface area contributed by atoms with Gasteiger partial charge in [0.25, 0.3) is 5.91 Å². The maximum absolute atomic E-state index is 10.9. The van der Waals surface area contributed by atoms with Gasteiger partial charge in [-0.3, -0.25) is 10.0 Å². The maximum Gasteiger partial charge on any atom is 0.267 e. The van der Waals surface area contributed by atoms with Crippen LogP contribution >= 0.6 is 0 Å². The van der Waals surface area contributed by atoms with E-state index in [0.29, 0.717) is 6.61 Å². The van der Waals surface area contributed by atoms with E-state index in [4.69, 9.17) is 9.94 Å². The first kappa shape index (κ1) is 14.8. The highest BCUT2D eigenvalue weighted by atomic mass is 16.5. The van der Waals surface area contributed by atoms with Gasteiger partial charge >= 0.3 is 0 Å². The van der Waals surface area contributed by atoms with Crippen LogP contribution in [-0.2, 0) is 11.2 Å². The summed E-state index contributed by atoms with van der Waals surface area (Å²) in [5.74, 6) is 0.230. The van der Waals surface area contributed by atoms with Crippen LogP contribution in [0, 0.1) is 0 Å². The van der Waals surface area contributed by atoms with E-state index in [1.54, 1.807) is 6.08 Å². The minimum absolute atomic E-state index is 0.557. The molecule has 0 spiro atoms. The highest BCUT2D eigenvalue weighted by Gasteiger charge is 1.96. The van der Waals surface area contributed by atoms with Gasteiger partial charge in [0.2, 0.25) is 0 Å². The Morgan fingerprint density at radius 3 is 2.48 bits per heavy atom. The van der Waals surface area contributed by atoms with Crippen molar-refractivity contribution in [3.05, 3.63) is 71.8 Å². The first-order chi connectivity index (χ1) is 10.3. The number of hydroxylamine groups is 1. The highest BCUT2D eigenvalue weighted by Crippen LogP contribution is 2.13. The van der Waals surface area contributed by atoms with Gasteiger partial charge in [-0.25, -0.2) is 5.48 Å². The standard InChI is InChI=1S/C17H17NO3/c19-17(18-20)11-8-15-6-9-16(10-7-15)21-13-12-14-4-2-1-3-5-14/h1-11,20H,12-13H2,(H,18,19)/b11-8+. The van der Waals surface area contributed by atoms with Crippen LogP contribution in [0.5, 0.6) is 5.75 Å². The van der Waals surface area contributed by atoms with Crippen molar-refractivity contribution < 1.29 is 14.7 Å². The molecule has 0 bridgehead atoms. The van der Waals surface area contributed by atoms with E-state index < -0.39 is 5.91 Å². The van der Waals surface area contributed by atoms with Gasteiger partial charge in [-0.2, -0.15) is 0 Å². The molecular weight excluding hydrogens is 266 g/mol. The van der Waals surface area contributed by atoms with Crippen molar-refractivity contribution in [3.8, 4) is 5.75 Å². The van der Waals surface area contributed by atoms with E-state index in [1.165, 1.54) is 17.1 Å². The number of amides is 1. The second kappa shape index (κ2) is 7.87. The van der Waals surface area contributed by atoms with E-state index >= 15 is 0 Å². The van der Waals surface area contributed by atoms with Crippen molar-refractivity contribution in [3.63, 3.8) is 0 Å². The molecule has 2 aromatic carbocycles. The number of benzene rings is 2. The molecule has 0 aromatic heterocycles. The average Bonchev–Trinajstić information content (AvgIpc) is 2.55. The van der Waals surface area contributed by atoms with Gasteiger partial charge in [0.15, 0.2) is 0 Å². The molecule has 4 nitrogen and oxygen atoms in total. The number of carbonyl (C=O) groups excluding carboxylic acids is 1. The molecule has 2 N–H and O–H groups in total. The molecule has 0 aliphatic carbocycles. The van der Waals surface area contributed by atoms with Crippen LogP contribution in [0.1, 0.15) is 11.1 Å². The van der Waals surface area contributed by atoms with E-state index in [2.05, 4.69) is 12.1 Å². The number of rotatable bonds is 6. The molecule has 108 valence electrons. The summed E-state index contributed by atoms with van der Waals surface area (Å²) in [7, 11) is 0. The summed E-state index contributed by atoms with van der Waals surface area (Å²) in [4.78, 5) is 10.9. The molecule has 2 aromatic rings. The third kappa shape index (κ3) is 5.12. The Labute approximate surface area is 123 Å². The van der Waals surface area contributed by atoms with E-state index in [9.17, 15) is 4.79 Å². The van der Waals surface area contributed by atoms with E-state index in [0.717, 1.165) is 17.7 Å². The fraction of sp³-hybridized carbons (Fsp3) is 0.118. The van der Waals surface area contributed by atoms with Crippen LogP contribution in [0.25, 0.3) is 6.08 Å². The number of hydrogen-bond acceptors (Lipinski definition) is 3. The van der Waals surface area contributed by atoms with Crippen LogP contribution in [0.3, 0.4) is 0 Å². The molecule has 4 heteroatoms. The SMILES string of the molecule is O=C(/C=C/c1ccc(OCCc2ccccc2)cc1)NO. The van der Waals surface area contributed by atoms with Gasteiger partial charge in [0.1, 0.15) is 5.75 Å². The normalized spacial score (nSPS) is 10.5. The smallest absolute Gasteiger partial charge is 0.267 e. The zero-order valence-corrected chi connectivity index (χ0v) is 11.5. The minimum atomic E-state index is -0.557. The Kier molecular flexibility index (Phi) is 5.55. The van der Waals surface area contributed by atoms with Crippen LogP contribution in [-0.4, -0.2) is 17.7 Å². The van der Waals surface area contributed by atoms with Crippen molar-refractivity contribution >= 4 is 12.0 Å². The Hall–Kier alpha value is -2.59. The summed E-state index contributed by atoms with van der Waals surface area (Å²) in [5.41, 5.74) is 3.64. The Morgan fingerprint density at radius 1 is 1.10 bits per heavy atom. The summed E-state index contributed by atoms with van der Waals surface area (Å²) in [5, 5.41) is 8.38. The molecule has 0 saturated carbocycles. The van der Waals surface area contributed by atoms with Gasteiger partial charge in [-0.05, 0) is 29.3 Å². The first-order valence-corrected chi connectivity index (χ1v) is 6.67. The molecule has 0 heterocycles. The van der Waals surface area contributed by atoms with Gasteiger partial charge in [-0.1, -0.05) is 42.5 Å². The van der Waals surface area contributed by atoms with Crippen LogP contribution in [0.2, 0.25) is 0 Å². The van der Waals surface area contributed by atoms with Crippen LogP contribution in [0.4, 0.5) is 0 Å². The number of hydrogen-bond donors (Lipinski definition) is 2. The third-order valence-corrected chi connectivity index (χ3v) is 2.92. The van der Waals surface area contributed by atoms with Crippen molar-refractivity contribution in [1.82, 2.24) is 5.48 Å². The molecule has 0 unspecified atom stereocenters. The van der Waals surface area contributed by atoms with Crippen molar-refractivity contribution in [1.29, 1.82) is 0 Å². The molecule has 2 rings (SSSR count). The van der Waals surface area contributed by atoms with Crippen molar-refractivity contribution in [2.75, 3.05) is 6.61 Å². The molecule has 1 amide bonds. The highest BCUT2D eigenvalue weighted by molar-refractivity contribution is 5.90. The first-order valence-electron chi connectivity index (χ1n) is 6.67. The van der Waals surface area contributed by atoms with E-state index in [-0.39, 0.29) is 0 Å². The predicted molar refractivity (Wildman–Crippen MR) is 81.0 cm³/mol. The monoisotopic (exact) mass is 283 g/mol. The molecule has 0 saturated heterocycles. The lowest BCUT2D eigenvalue weighted by molar-refractivity contribution is -0.124. The molecule has 21 heavy (non-hydrogen) atoms. The molecule has 0 fully saturated rings. The zero-order chi connectivity index (χ0) is 14.9. The second-order valence-corrected chi connectivity index (χ2v) is 4.46. The lowest BCUT2D eigenvalue weighted by atomic mass is 10.2. The van der Waals surface area contributed by atoms with Gasteiger partial charge in [-0.15, -0.1) is 0 Å². The summed E-state index contributed by atoms with van der Waals surface area (Å²) >= 11 is 0. The van der Waals surface area contributed by atoms with Crippen LogP contribution in [0.15, 0.2) is 60.7 Å². The minimum Gasteiger partial charge on any atom is -0.493 e. The fourth-order valence-corrected chi connectivity index (χ4v) is 1.82. The molecule has 0 aliphatic heterocycles. The summed E-state index contributed by atoms with van der Waals surface area (Å²) in [6.45, 7) is 0.617.